The van der Waals surface area contributed by atoms with Gasteiger partial charge >= 0.3 is 0 Å². The highest BCUT2D eigenvalue weighted by molar-refractivity contribution is 5.71. The van der Waals surface area contributed by atoms with Crippen LogP contribution in [0.25, 0.3) is 0 Å². The lowest BCUT2D eigenvalue weighted by molar-refractivity contribution is 0.249. The average Bonchev–Trinajstić information content (AvgIpc) is 1.85. The second kappa shape index (κ2) is 1.65. The van der Waals surface area contributed by atoms with Gasteiger partial charge in [-0.25, -0.2) is 0 Å². The first-order valence-electron chi connectivity index (χ1n) is 2.66. The minimum absolute atomic E-state index is 0.201. The number of likely N-dealkylation sites (N-methyl/N-ethyl adjacent to an activating group) is 1. The van der Waals surface area contributed by atoms with Crippen LogP contribution in [0.3, 0.4) is 0 Å². The summed E-state index contributed by atoms with van der Waals surface area (Å²) in [6.45, 7) is 2.80. The van der Waals surface area contributed by atoms with Crippen molar-refractivity contribution in [3.8, 4) is 0 Å². The van der Waals surface area contributed by atoms with E-state index in [0.29, 0.717) is 0 Å². The second-order valence-corrected chi connectivity index (χ2v) is 2.11. The molecule has 3 heteroatoms. The molecule has 1 aliphatic rings. The minimum Gasteiger partial charge on any atom is -0.460 e. The first-order valence-corrected chi connectivity index (χ1v) is 2.66. The van der Waals surface area contributed by atoms with Gasteiger partial charge in [-0.2, -0.15) is 0 Å². The molecule has 1 saturated heterocycles. The van der Waals surface area contributed by atoms with E-state index in [-0.39, 0.29) is 12.1 Å². The van der Waals surface area contributed by atoms with E-state index in [9.17, 15) is 0 Å². The third-order valence-electron chi connectivity index (χ3n) is 1.19. The maximum Gasteiger partial charge on any atom is 0.284 e. The van der Waals surface area contributed by atoms with Gasteiger partial charge in [-0.15, -0.1) is 0 Å². The molecule has 3 nitrogen and oxygen atoms in total. The zero-order valence-corrected chi connectivity index (χ0v) is 5.14. The van der Waals surface area contributed by atoms with Gasteiger partial charge in [-0.1, -0.05) is 0 Å². The van der Waals surface area contributed by atoms with E-state index in [1.165, 1.54) is 0 Å². The van der Waals surface area contributed by atoms with E-state index in [1.54, 1.807) is 4.90 Å². The summed E-state index contributed by atoms with van der Waals surface area (Å²) in [6, 6.07) is 0.289. The summed E-state index contributed by atoms with van der Waals surface area (Å²) in [4.78, 5) is 1.78. The molecule has 1 heterocycles. The SMILES string of the molecule is CC1CN(C)C(=N)O1. The summed E-state index contributed by atoms with van der Waals surface area (Å²) in [7, 11) is 1.85. The smallest absolute Gasteiger partial charge is 0.284 e. The van der Waals surface area contributed by atoms with Crippen LogP contribution in [-0.2, 0) is 4.74 Å². The molecule has 1 aliphatic heterocycles. The van der Waals surface area contributed by atoms with Crippen molar-refractivity contribution in [3.05, 3.63) is 0 Å². The van der Waals surface area contributed by atoms with E-state index in [0.717, 1.165) is 6.54 Å². The Morgan fingerprint density at radius 3 is 2.62 bits per heavy atom. The minimum atomic E-state index is 0.201. The Hall–Kier alpha value is -0.730. The molecular weight excluding hydrogens is 104 g/mol. The Labute approximate surface area is 48.8 Å². The Morgan fingerprint density at radius 1 is 1.88 bits per heavy atom. The first kappa shape index (κ1) is 5.41. The molecule has 1 N–H and O–H groups in total. The molecule has 0 spiro atoms. The molecule has 1 atom stereocenters. The molecule has 1 unspecified atom stereocenters. The Bertz CT molecular complexity index is 113. The van der Waals surface area contributed by atoms with E-state index < -0.39 is 0 Å². The van der Waals surface area contributed by atoms with Crippen LogP contribution in [0.2, 0.25) is 0 Å². The van der Waals surface area contributed by atoms with Crippen molar-refractivity contribution >= 4 is 6.02 Å². The van der Waals surface area contributed by atoms with Gasteiger partial charge in [0, 0.05) is 7.05 Å². The third kappa shape index (κ3) is 0.757. The van der Waals surface area contributed by atoms with Gasteiger partial charge in [0.15, 0.2) is 0 Å². The van der Waals surface area contributed by atoms with Crippen LogP contribution < -0.4 is 0 Å². The molecule has 0 aliphatic carbocycles. The predicted molar refractivity (Wildman–Crippen MR) is 30.9 cm³/mol. The molecule has 0 aromatic carbocycles. The molecule has 8 heavy (non-hydrogen) atoms. The van der Waals surface area contributed by atoms with E-state index in [4.69, 9.17) is 10.1 Å². The normalized spacial score (nSPS) is 28.5. The summed E-state index contributed by atoms with van der Waals surface area (Å²) >= 11 is 0. The topological polar surface area (TPSA) is 36.3 Å². The number of ether oxygens (including phenoxy) is 1. The van der Waals surface area contributed by atoms with Gasteiger partial charge in [0.1, 0.15) is 6.10 Å². The van der Waals surface area contributed by atoms with Crippen molar-refractivity contribution in [3.63, 3.8) is 0 Å². The van der Waals surface area contributed by atoms with Crippen LogP contribution in [0.1, 0.15) is 6.92 Å². The Kier molecular flexibility index (Phi) is 1.12. The van der Waals surface area contributed by atoms with Crippen LogP contribution in [0.15, 0.2) is 0 Å². The fourth-order valence-corrected chi connectivity index (χ4v) is 0.786. The zero-order chi connectivity index (χ0) is 6.15. The highest BCUT2D eigenvalue weighted by Gasteiger charge is 2.20. The predicted octanol–water partition coefficient (Wildman–Crippen LogP) is 0.272. The van der Waals surface area contributed by atoms with Crippen molar-refractivity contribution in [1.82, 2.24) is 4.90 Å². The van der Waals surface area contributed by atoms with Gasteiger partial charge < -0.3 is 9.64 Å². The van der Waals surface area contributed by atoms with Gasteiger partial charge in [-0.3, -0.25) is 5.41 Å². The molecule has 0 bridgehead atoms. The highest BCUT2D eigenvalue weighted by Crippen LogP contribution is 2.05. The van der Waals surface area contributed by atoms with E-state index >= 15 is 0 Å². The lowest BCUT2D eigenvalue weighted by Crippen LogP contribution is -2.18. The van der Waals surface area contributed by atoms with Gasteiger partial charge in [-0.05, 0) is 6.92 Å². The first-order chi connectivity index (χ1) is 3.70. The number of nitrogens with zero attached hydrogens (tertiary/aromatic N) is 1. The molecule has 46 valence electrons. The van der Waals surface area contributed by atoms with Crippen LogP contribution in [-0.4, -0.2) is 30.6 Å². The zero-order valence-electron chi connectivity index (χ0n) is 5.14. The largest absolute Gasteiger partial charge is 0.460 e. The average molecular weight is 114 g/mol. The van der Waals surface area contributed by atoms with Crippen molar-refractivity contribution in [2.45, 2.75) is 13.0 Å². The number of nitrogens with one attached hydrogen (secondary N) is 1. The van der Waals surface area contributed by atoms with Crippen LogP contribution in [0.4, 0.5) is 0 Å². The molecular formula is C5H10N2O. The highest BCUT2D eigenvalue weighted by atomic mass is 16.5. The number of hydrogen-bond acceptors (Lipinski definition) is 2. The van der Waals surface area contributed by atoms with Crippen molar-refractivity contribution in [2.24, 2.45) is 0 Å². The van der Waals surface area contributed by atoms with Gasteiger partial charge in [0.2, 0.25) is 0 Å². The van der Waals surface area contributed by atoms with Crippen molar-refractivity contribution in [2.75, 3.05) is 13.6 Å². The quantitative estimate of drug-likeness (QED) is 0.490. The molecule has 0 aromatic rings. The maximum atomic E-state index is 7.09. The lowest BCUT2D eigenvalue weighted by Gasteiger charge is -2.02. The summed E-state index contributed by atoms with van der Waals surface area (Å²) in [5, 5.41) is 7.09. The molecule has 0 amide bonds. The Morgan fingerprint density at radius 2 is 2.50 bits per heavy atom. The fourth-order valence-electron chi connectivity index (χ4n) is 0.786. The maximum absolute atomic E-state index is 7.09. The number of rotatable bonds is 0. The monoisotopic (exact) mass is 114 g/mol. The number of hydrogen-bond donors (Lipinski definition) is 1. The van der Waals surface area contributed by atoms with Crippen LogP contribution in [0, 0.1) is 5.41 Å². The van der Waals surface area contributed by atoms with Crippen LogP contribution in [0.5, 0.6) is 0 Å². The summed E-state index contributed by atoms with van der Waals surface area (Å²) < 4.78 is 4.98. The van der Waals surface area contributed by atoms with Crippen molar-refractivity contribution < 1.29 is 4.74 Å². The molecule has 0 radical (unpaired) electrons. The summed E-state index contributed by atoms with van der Waals surface area (Å²) in [5.74, 6) is 0. The lowest BCUT2D eigenvalue weighted by atomic mass is 10.4. The van der Waals surface area contributed by atoms with Crippen LogP contribution >= 0.6 is 0 Å². The van der Waals surface area contributed by atoms with Crippen molar-refractivity contribution in [1.29, 1.82) is 5.41 Å². The molecule has 1 fully saturated rings. The molecule has 1 rings (SSSR count). The Balaban J connectivity index is 2.51. The van der Waals surface area contributed by atoms with E-state index in [2.05, 4.69) is 0 Å². The van der Waals surface area contributed by atoms with Gasteiger partial charge in [0.05, 0.1) is 6.54 Å². The third-order valence-corrected chi connectivity index (χ3v) is 1.19. The standard InChI is InChI=1S/C5H10N2O/c1-4-3-7(2)5(6)8-4/h4,6H,3H2,1-2H3. The summed E-state index contributed by atoms with van der Waals surface area (Å²) in [5.41, 5.74) is 0. The number of amidine groups is 1. The summed E-state index contributed by atoms with van der Waals surface area (Å²) in [6.07, 6.45) is 0.201. The fraction of sp³-hybridized carbons (Fsp3) is 0.800. The second-order valence-electron chi connectivity index (χ2n) is 2.11. The van der Waals surface area contributed by atoms with E-state index in [1.807, 2.05) is 14.0 Å². The molecule has 0 saturated carbocycles. The van der Waals surface area contributed by atoms with Gasteiger partial charge in [0.25, 0.3) is 6.02 Å². The molecule has 0 aromatic heterocycles.